The predicted octanol–water partition coefficient (Wildman–Crippen LogP) is 4.21. The zero-order valence-electron chi connectivity index (χ0n) is 19.5. The fraction of sp³-hybridized carbons (Fsp3) is 0.385. The zero-order chi connectivity index (χ0) is 23.4. The molecule has 0 bridgehead atoms. The van der Waals surface area contributed by atoms with Gasteiger partial charge >= 0.3 is 0 Å². The van der Waals surface area contributed by atoms with Gasteiger partial charge in [0.25, 0.3) is 0 Å². The number of rotatable bonds is 8. The standard InChI is InChI=1S/C26H31N3O3S/c1-4-32-15-7-14-27-25(31)24-23-20-8-5-6-9-21(20)28(3)26(23)33-17-22(30)29(24)16-19-12-10-18(2)11-13-19/h5-6,8-13,24H,4,7,14-17H2,1-3H3,(H,27,31)/t24-/m0/s1. The summed E-state index contributed by atoms with van der Waals surface area (Å²) < 4.78 is 7.51. The molecule has 174 valence electrons. The number of nitrogens with one attached hydrogen (secondary N) is 1. The first-order valence-corrected chi connectivity index (χ1v) is 12.4. The summed E-state index contributed by atoms with van der Waals surface area (Å²) in [5, 5.41) is 5.06. The number of aryl methyl sites for hydroxylation is 2. The number of thioether (sulfide) groups is 1. The minimum Gasteiger partial charge on any atom is -0.382 e. The van der Waals surface area contributed by atoms with E-state index in [9.17, 15) is 9.59 Å². The molecule has 4 rings (SSSR count). The van der Waals surface area contributed by atoms with E-state index in [4.69, 9.17) is 4.74 Å². The number of aromatic nitrogens is 1. The van der Waals surface area contributed by atoms with Crippen LogP contribution in [0.25, 0.3) is 10.9 Å². The van der Waals surface area contributed by atoms with Crippen molar-refractivity contribution in [2.45, 2.75) is 37.9 Å². The number of hydrogen-bond donors (Lipinski definition) is 1. The lowest BCUT2D eigenvalue weighted by molar-refractivity contribution is -0.139. The molecule has 6 nitrogen and oxygen atoms in total. The van der Waals surface area contributed by atoms with E-state index in [-0.39, 0.29) is 11.8 Å². The van der Waals surface area contributed by atoms with Gasteiger partial charge in [-0.25, -0.2) is 0 Å². The molecular weight excluding hydrogens is 434 g/mol. The van der Waals surface area contributed by atoms with Gasteiger partial charge in [-0.1, -0.05) is 59.8 Å². The number of nitrogens with zero attached hydrogens (tertiary/aromatic N) is 2. The SMILES string of the molecule is CCOCCCNC(=O)[C@@H]1c2c(n(C)c3ccccc23)SCC(=O)N1Cc1ccc(C)cc1. The van der Waals surface area contributed by atoms with Gasteiger partial charge in [0.1, 0.15) is 6.04 Å². The van der Waals surface area contributed by atoms with Crippen LogP contribution in [0.3, 0.4) is 0 Å². The highest BCUT2D eigenvalue weighted by Crippen LogP contribution is 2.42. The van der Waals surface area contributed by atoms with Crippen LogP contribution >= 0.6 is 11.8 Å². The maximum absolute atomic E-state index is 13.6. The van der Waals surface area contributed by atoms with E-state index in [1.807, 2.05) is 63.4 Å². The number of para-hydroxylation sites is 1. The van der Waals surface area contributed by atoms with Gasteiger partial charge in [0, 0.05) is 49.8 Å². The van der Waals surface area contributed by atoms with Crippen molar-refractivity contribution in [2.24, 2.45) is 7.05 Å². The van der Waals surface area contributed by atoms with Crippen molar-refractivity contribution < 1.29 is 14.3 Å². The molecule has 1 N–H and O–H groups in total. The molecule has 1 atom stereocenters. The first kappa shape index (κ1) is 23.4. The van der Waals surface area contributed by atoms with Crippen molar-refractivity contribution in [1.82, 2.24) is 14.8 Å². The third-order valence-electron chi connectivity index (χ3n) is 6.02. The molecule has 2 amide bonds. The molecule has 1 aromatic heterocycles. The molecule has 0 saturated heterocycles. The van der Waals surface area contributed by atoms with Crippen molar-refractivity contribution in [2.75, 3.05) is 25.5 Å². The van der Waals surface area contributed by atoms with E-state index < -0.39 is 6.04 Å². The lowest BCUT2D eigenvalue weighted by atomic mass is 10.0. The van der Waals surface area contributed by atoms with Gasteiger partial charge in [-0.3, -0.25) is 9.59 Å². The highest BCUT2D eigenvalue weighted by atomic mass is 32.2. The van der Waals surface area contributed by atoms with E-state index >= 15 is 0 Å². The second-order valence-corrected chi connectivity index (χ2v) is 9.30. The minimum absolute atomic E-state index is 0.0321. The summed E-state index contributed by atoms with van der Waals surface area (Å²) in [4.78, 5) is 28.7. The first-order chi connectivity index (χ1) is 16.0. The van der Waals surface area contributed by atoms with Crippen LogP contribution in [0.15, 0.2) is 53.6 Å². The van der Waals surface area contributed by atoms with E-state index in [1.54, 1.807) is 4.90 Å². The van der Waals surface area contributed by atoms with Crippen LogP contribution in [0.1, 0.15) is 36.1 Å². The van der Waals surface area contributed by atoms with E-state index in [0.29, 0.717) is 32.1 Å². The Morgan fingerprint density at radius 2 is 1.94 bits per heavy atom. The van der Waals surface area contributed by atoms with Crippen LogP contribution in [0, 0.1) is 6.92 Å². The summed E-state index contributed by atoms with van der Waals surface area (Å²) in [6.07, 6.45) is 0.732. The minimum atomic E-state index is -0.693. The first-order valence-electron chi connectivity index (χ1n) is 11.4. The Kier molecular flexibility index (Phi) is 7.40. The molecule has 0 aliphatic carbocycles. The number of ether oxygens (including phenoxy) is 1. The highest BCUT2D eigenvalue weighted by molar-refractivity contribution is 8.00. The van der Waals surface area contributed by atoms with Crippen molar-refractivity contribution in [3.05, 3.63) is 65.2 Å². The van der Waals surface area contributed by atoms with Gasteiger partial charge in [-0.15, -0.1) is 0 Å². The van der Waals surface area contributed by atoms with Crippen molar-refractivity contribution >= 4 is 34.5 Å². The lowest BCUT2D eigenvalue weighted by Crippen LogP contribution is -2.43. The van der Waals surface area contributed by atoms with Crippen molar-refractivity contribution in [3.63, 3.8) is 0 Å². The van der Waals surface area contributed by atoms with Gasteiger partial charge in [-0.05, 0) is 31.9 Å². The molecule has 33 heavy (non-hydrogen) atoms. The Labute approximate surface area is 199 Å². The fourth-order valence-corrected chi connectivity index (χ4v) is 5.42. The zero-order valence-corrected chi connectivity index (χ0v) is 20.3. The number of amides is 2. The highest BCUT2D eigenvalue weighted by Gasteiger charge is 2.38. The average Bonchev–Trinajstić information content (AvgIpc) is 3.00. The van der Waals surface area contributed by atoms with Crippen molar-refractivity contribution in [3.8, 4) is 0 Å². The Hall–Kier alpha value is -2.77. The topological polar surface area (TPSA) is 63.6 Å². The molecule has 0 unspecified atom stereocenters. The molecule has 7 heteroatoms. The molecule has 2 heterocycles. The van der Waals surface area contributed by atoms with Gasteiger partial charge in [0.05, 0.1) is 10.8 Å². The van der Waals surface area contributed by atoms with Gasteiger partial charge in [0.2, 0.25) is 11.8 Å². The molecule has 1 aliphatic rings. The number of hydrogen-bond acceptors (Lipinski definition) is 4. The summed E-state index contributed by atoms with van der Waals surface area (Å²) in [6, 6.07) is 15.5. The lowest BCUT2D eigenvalue weighted by Gasteiger charge is -2.30. The third-order valence-corrected chi connectivity index (χ3v) is 7.18. The van der Waals surface area contributed by atoms with Crippen LogP contribution in [0.5, 0.6) is 0 Å². The van der Waals surface area contributed by atoms with Crippen LogP contribution in [0.2, 0.25) is 0 Å². The van der Waals surface area contributed by atoms with Crippen molar-refractivity contribution in [1.29, 1.82) is 0 Å². The van der Waals surface area contributed by atoms with E-state index in [0.717, 1.165) is 39.0 Å². The molecule has 2 aromatic carbocycles. The summed E-state index contributed by atoms with van der Waals surface area (Å²) in [5.74, 6) is 0.124. The fourth-order valence-electron chi connectivity index (χ4n) is 4.32. The smallest absolute Gasteiger partial charge is 0.247 e. The van der Waals surface area contributed by atoms with Crippen LogP contribution < -0.4 is 5.32 Å². The molecule has 0 spiro atoms. The van der Waals surface area contributed by atoms with Crippen LogP contribution in [-0.4, -0.2) is 46.8 Å². The number of carbonyl (C=O) groups excluding carboxylic acids is 2. The average molecular weight is 466 g/mol. The maximum Gasteiger partial charge on any atom is 0.247 e. The van der Waals surface area contributed by atoms with E-state index in [1.165, 1.54) is 11.8 Å². The quantitative estimate of drug-likeness (QED) is 0.507. The van der Waals surface area contributed by atoms with Crippen LogP contribution in [0.4, 0.5) is 0 Å². The predicted molar refractivity (Wildman–Crippen MR) is 132 cm³/mol. The van der Waals surface area contributed by atoms with Gasteiger partial charge < -0.3 is 19.5 Å². The largest absolute Gasteiger partial charge is 0.382 e. The Bertz CT molecular complexity index is 1140. The molecule has 0 radical (unpaired) electrons. The van der Waals surface area contributed by atoms with E-state index in [2.05, 4.69) is 16.0 Å². The molecule has 3 aromatic rings. The van der Waals surface area contributed by atoms with Gasteiger partial charge in [-0.2, -0.15) is 0 Å². The van der Waals surface area contributed by atoms with Crippen LogP contribution in [-0.2, 0) is 27.9 Å². The monoisotopic (exact) mass is 465 g/mol. The normalized spacial score (nSPS) is 16.0. The molecule has 0 fully saturated rings. The van der Waals surface area contributed by atoms with Gasteiger partial charge in [0.15, 0.2) is 0 Å². The summed E-state index contributed by atoms with van der Waals surface area (Å²) in [5.41, 5.74) is 4.15. The molecular formula is C26H31N3O3S. The maximum atomic E-state index is 13.6. The third kappa shape index (κ3) is 4.94. The number of fused-ring (bicyclic) bond motifs is 3. The Morgan fingerprint density at radius 1 is 1.18 bits per heavy atom. The number of carbonyl (C=O) groups is 2. The molecule has 1 aliphatic heterocycles. The second-order valence-electron chi connectivity index (χ2n) is 8.33. The summed E-state index contributed by atoms with van der Waals surface area (Å²) in [6.45, 7) is 6.15. The molecule has 0 saturated carbocycles. The summed E-state index contributed by atoms with van der Waals surface area (Å²) in [7, 11) is 2.01. The Balaban J connectivity index is 1.74. The summed E-state index contributed by atoms with van der Waals surface area (Å²) >= 11 is 1.51. The second kappa shape index (κ2) is 10.4. The number of benzene rings is 2. The Morgan fingerprint density at radius 3 is 2.70 bits per heavy atom.